The lowest BCUT2D eigenvalue weighted by Gasteiger charge is -1.99. The molecule has 5 heteroatoms. The molecule has 15 heavy (non-hydrogen) atoms. The van der Waals surface area contributed by atoms with Crippen molar-refractivity contribution >= 4 is 35.0 Å². The van der Waals surface area contributed by atoms with Crippen LogP contribution in [0.1, 0.15) is 27.6 Å². The predicted molar refractivity (Wildman–Crippen MR) is 60.0 cm³/mol. The zero-order chi connectivity index (χ0) is 11.8. The van der Waals surface area contributed by atoms with E-state index >= 15 is 0 Å². The van der Waals surface area contributed by atoms with Crippen molar-refractivity contribution in [1.82, 2.24) is 0 Å². The zero-order valence-electron chi connectivity index (χ0n) is 8.04. The van der Waals surface area contributed by atoms with Gasteiger partial charge in [-0.1, -0.05) is 18.2 Å². The van der Waals surface area contributed by atoms with Crippen molar-refractivity contribution < 1.29 is 14.7 Å². The van der Waals surface area contributed by atoms with Crippen molar-refractivity contribution in [3.8, 4) is 0 Å². The van der Waals surface area contributed by atoms with Gasteiger partial charge in [0.15, 0.2) is 5.78 Å². The highest BCUT2D eigenvalue weighted by Crippen LogP contribution is 2.08. The number of carbonyl (C=O) groups is 2. The molecule has 0 aliphatic rings. The fourth-order valence-corrected chi connectivity index (χ4v) is 0.977. The third-order valence-electron chi connectivity index (χ3n) is 1.54. The maximum absolute atomic E-state index is 10.9. The summed E-state index contributed by atoms with van der Waals surface area (Å²) in [4.78, 5) is 21.5. The fourth-order valence-electron chi connectivity index (χ4n) is 0.977. The third-order valence-corrected chi connectivity index (χ3v) is 1.54. The lowest BCUT2D eigenvalue weighted by Crippen LogP contribution is -2.05. The van der Waals surface area contributed by atoms with E-state index in [1.54, 1.807) is 12.1 Å². The molecule has 0 amide bonds. The Morgan fingerprint density at radius 2 is 1.60 bits per heavy atom. The molecule has 0 spiro atoms. The normalized spacial score (nSPS) is 8.73. The summed E-state index contributed by atoms with van der Waals surface area (Å²) in [5.41, 5.74) is 0.315. The number of rotatable bonds is 2. The van der Waals surface area contributed by atoms with E-state index in [1.165, 1.54) is 19.1 Å². The minimum Gasteiger partial charge on any atom is -0.478 e. The van der Waals surface area contributed by atoms with E-state index in [9.17, 15) is 9.59 Å². The van der Waals surface area contributed by atoms with Crippen LogP contribution < -0.4 is 0 Å². The van der Waals surface area contributed by atoms with Crippen molar-refractivity contribution in [3.63, 3.8) is 0 Å². The molecule has 0 atom stereocenters. The molecule has 0 aliphatic carbocycles. The summed E-state index contributed by atoms with van der Waals surface area (Å²) in [6.45, 7) is 1.35. The number of hydrogen-bond donors (Lipinski definition) is 1. The number of benzene rings is 1. The van der Waals surface area contributed by atoms with Crippen LogP contribution in [0.5, 0.6) is 0 Å². The molecule has 1 N–H and O–H groups in total. The Bertz CT molecular complexity index is 317. The van der Waals surface area contributed by atoms with Crippen LogP contribution in [0.15, 0.2) is 24.3 Å². The summed E-state index contributed by atoms with van der Waals surface area (Å²) in [6, 6.07) is 6.16. The second kappa shape index (κ2) is 7.26. The molecule has 0 saturated carbocycles. The van der Waals surface area contributed by atoms with E-state index in [0.717, 1.165) is 0 Å². The molecule has 1 rings (SSSR count). The molecule has 1 aromatic carbocycles. The number of ketones is 1. The Labute approximate surface area is 97.6 Å². The minimum absolute atomic E-state index is 0.0602. The lowest BCUT2D eigenvalue weighted by atomic mass is 10.1. The molecule has 0 saturated heterocycles. The molecular formula is C10H10Cl2O3. The van der Waals surface area contributed by atoms with Crippen LogP contribution in [0.25, 0.3) is 0 Å². The molecule has 82 valence electrons. The van der Waals surface area contributed by atoms with Gasteiger partial charge in [-0.15, -0.1) is 23.2 Å². The Balaban J connectivity index is 0.000000583. The quantitative estimate of drug-likeness (QED) is 0.647. The highest BCUT2D eigenvalue weighted by Gasteiger charge is 2.11. The Morgan fingerprint density at radius 3 is 1.87 bits per heavy atom. The Morgan fingerprint density at radius 1 is 1.20 bits per heavy atom. The molecule has 0 aromatic heterocycles. The van der Waals surface area contributed by atoms with Gasteiger partial charge >= 0.3 is 5.97 Å². The Hall–Kier alpha value is -1.06. The van der Waals surface area contributed by atoms with Gasteiger partial charge in [0.2, 0.25) is 0 Å². The van der Waals surface area contributed by atoms with E-state index in [4.69, 9.17) is 28.3 Å². The van der Waals surface area contributed by atoms with Gasteiger partial charge in [-0.2, -0.15) is 0 Å². The molecule has 3 nitrogen and oxygen atoms in total. The summed E-state index contributed by atoms with van der Waals surface area (Å²) < 4.78 is 0. The van der Waals surface area contributed by atoms with E-state index in [2.05, 4.69) is 0 Å². The second-order valence-electron chi connectivity index (χ2n) is 2.51. The van der Waals surface area contributed by atoms with Gasteiger partial charge in [-0.3, -0.25) is 4.79 Å². The van der Waals surface area contributed by atoms with Gasteiger partial charge in [0, 0.05) is 5.56 Å². The van der Waals surface area contributed by atoms with Crippen LogP contribution >= 0.6 is 23.2 Å². The highest BCUT2D eigenvalue weighted by atomic mass is 35.5. The monoisotopic (exact) mass is 248 g/mol. The first-order valence-electron chi connectivity index (χ1n) is 3.99. The van der Waals surface area contributed by atoms with Crippen LogP contribution in [0.3, 0.4) is 0 Å². The highest BCUT2D eigenvalue weighted by molar-refractivity contribution is 6.40. The number of aromatic carboxylic acids is 1. The standard InChI is InChI=1S/C9H8O3.CH2Cl2/c1-6(10)7-4-2-3-5-8(7)9(11)12;2-1-3/h2-5H,1H3,(H,11,12);1H2. The number of hydrogen-bond acceptors (Lipinski definition) is 2. The average Bonchev–Trinajstić information content (AvgIpc) is 2.19. The van der Waals surface area contributed by atoms with Crippen LogP contribution in [-0.4, -0.2) is 22.2 Å². The predicted octanol–water partition coefficient (Wildman–Crippen LogP) is 3.01. The number of carboxylic acids is 1. The van der Waals surface area contributed by atoms with Crippen LogP contribution in [0, 0.1) is 0 Å². The number of carboxylic acid groups (broad SMARTS) is 1. The van der Waals surface area contributed by atoms with Gasteiger partial charge in [0.1, 0.15) is 0 Å². The number of alkyl halides is 2. The SMILES string of the molecule is CC(=O)c1ccccc1C(=O)O.ClCCl. The van der Waals surface area contributed by atoms with Gasteiger partial charge in [0.05, 0.1) is 10.9 Å². The van der Waals surface area contributed by atoms with Crippen molar-refractivity contribution in [3.05, 3.63) is 35.4 Å². The van der Waals surface area contributed by atoms with Gasteiger partial charge in [-0.05, 0) is 13.0 Å². The fraction of sp³-hybridized carbons (Fsp3) is 0.200. The van der Waals surface area contributed by atoms with E-state index in [1.807, 2.05) is 0 Å². The van der Waals surface area contributed by atoms with E-state index < -0.39 is 5.97 Å². The van der Waals surface area contributed by atoms with Crippen molar-refractivity contribution in [2.45, 2.75) is 6.92 Å². The summed E-state index contributed by atoms with van der Waals surface area (Å²) >= 11 is 9.53. The maximum Gasteiger partial charge on any atom is 0.336 e. The summed E-state index contributed by atoms with van der Waals surface area (Å²) in [6.07, 6.45) is 0. The average molecular weight is 249 g/mol. The summed E-state index contributed by atoms with van der Waals surface area (Å²) in [5.74, 6) is -1.30. The second-order valence-corrected chi connectivity index (χ2v) is 3.32. The third kappa shape index (κ3) is 4.81. The molecule has 0 heterocycles. The topological polar surface area (TPSA) is 54.4 Å². The smallest absolute Gasteiger partial charge is 0.336 e. The molecule has 0 aliphatic heterocycles. The maximum atomic E-state index is 10.9. The number of Topliss-reactive ketones (excluding diaryl/α,β-unsaturated/α-hetero) is 1. The molecule has 0 unspecified atom stereocenters. The Kier molecular flexibility index (Phi) is 6.75. The lowest BCUT2D eigenvalue weighted by molar-refractivity contribution is 0.0692. The van der Waals surface area contributed by atoms with Gasteiger partial charge in [0.25, 0.3) is 0 Å². The van der Waals surface area contributed by atoms with E-state index in [0.29, 0.717) is 0 Å². The summed E-state index contributed by atoms with van der Waals surface area (Å²) in [5, 5.41) is 8.86. The molecule has 0 radical (unpaired) electrons. The van der Waals surface area contributed by atoms with Crippen molar-refractivity contribution in [1.29, 1.82) is 0 Å². The minimum atomic E-state index is -1.07. The largest absolute Gasteiger partial charge is 0.478 e. The number of halogens is 2. The van der Waals surface area contributed by atoms with Crippen LogP contribution in [-0.2, 0) is 0 Å². The molecule has 1 aromatic rings. The molecule has 0 fully saturated rings. The first kappa shape index (κ1) is 13.9. The summed E-state index contributed by atoms with van der Waals surface area (Å²) in [7, 11) is 0. The number of carbonyl (C=O) groups excluding carboxylic acids is 1. The van der Waals surface area contributed by atoms with Crippen molar-refractivity contribution in [2.75, 3.05) is 5.34 Å². The first-order valence-corrected chi connectivity index (χ1v) is 5.06. The molecule has 0 bridgehead atoms. The van der Waals surface area contributed by atoms with Gasteiger partial charge in [-0.25, -0.2) is 4.79 Å². The van der Waals surface area contributed by atoms with E-state index in [-0.39, 0.29) is 22.2 Å². The molecular weight excluding hydrogens is 239 g/mol. The van der Waals surface area contributed by atoms with Crippen molar-refractivity contribution in [2.24, 2.45) is 0 Å². The zero-order valence-corrected chi connectivity index (χ0v) is 9.55. The van der Waals surface area contributed by atoms with Crippen LogP contribution in [0.2, 0.25) is 0 Å². The van der Waals surface area contributed by atoms with Gasteiger partial charge < -0.3 is 5.11 Å². The van der Waals surface area contributed by atoms with Crippen LogP contribution in [0.4, 0.5) is 0 Å². The first-order chi connectivity index (χ1) is 7.04.